The number of esters is 1. The molecule has 4 nitrogen and oxygen atoms in total. The Kier molecular flexibility index (Phi) is 9.88. The van der Waals surface area contributed by atoms with Gasteiger partial charge in [-0.05, 0) is 17.8 Å². The van der Waals surface area contributed by atoms with E-state index in [0.717, 1.165) is 0 Å². The van der Waals surface area contributed by atoms with Crippen LogP contribution < -0.4 is 0 Å². The molecule has 0 aliphatic rings. The zero-order chi connectivity index (χ0) is 14.8. The number of carbonyl (C=O) groups excluding carboxylic acids is 1. The maximum absolute atomic E-state index is 11.7. The molecule has 0 atom stereocenters. The van der Waals surface area contributed by atoms with Gasteiger partial charge in [-0.25, -0.2) is 0 Å². The minimum atomic E-state index is -0.496. The van der Waals surface area contributed by atoms with Gasteiger partial charge in [0.25, 0.3) is 0 Å². The van der Waals surface area contributed by atoms with Crippen molar-refractivity contribution in [2.75, 3.05) is 19.8 Å². The van der Waals surface area contributed by atoms with Gasteiger partial charge in [-0.2, -0.15) is 0 Å². The van der Waals surface area contributed by atoms with Crippen molar-refractivity contribution >= 4 is 5.97 Å². The predicted molar refractivity (Wildman–Crippen MR) is 75.8 cm³/mol. The average Bonchev–Trinajstić information content (AvgIpc) is 2.29. The molecule has 0 unspecified atom stereocenters. The third-order valence-electron chi connectivity index (χ3n) is 2.14. The normalized spacial score (nSPS) is 11.9. The molecule has 0 aromatic carbocycles. The van der Waals surface area contributed by atoms with Crippen molar-refractivity contribution < 1.29 is 19.0 Å². The fourth-order valence-electron chi connectivity index (χ4n) is 1.22. The van der Waals surface area contributed by atoms with E-state index in [1.165, 1.54) is 0 Å². The van der Waals surface area contributed by atoms with Crippen LogP contribution in [0.25, 0.3) is 0 Å². The SMILES string of the molecule is CC(C)COC(=O)CC(OCC(C)C)OCC(C)C. The molecule has 0 bridgehead atoms. The van der Waals surface area contributed by atoms with Crippen LogP contribution in [0, 0.1) is 17.8 Å². The van der Waals surface area contributed by atoms with E-state index in [-0.39, 0.29) is 12.4 Å². The molecule has 0 aliphatic carbocycles. The number of ether oxygens (including phenoxy) is 3. The molecule has 0 amide bonds. The summed E-state index contributed by atoms with van der Waals surface area (Å²) in [6, 6.07) is 0. The first-order valence-electron chi connectivity index (χ1n) is 7.20. The Morgan fingerprint density at radius 3 is 1.58 bits per heavy atom. The summed E-state index contributed by atoms with van der Waals surface area (Å²) >= 11 is 0. The molecule has 0 N–H and O–H groups in total. The summed E-state index contributed by atoms with van der Waals surface area (Å²) in [6.07, 6.45) is -0.337. The van der Waals surface area contributed by atoms with E-state index >= 15 is 0 Å². The molecule has 0 rings (SSSR count). The molecule has 0 spiro atoms. The number of hydrogen-bond acceptors (Lipinski definition) is 4. The van der Waals surface area contributed by atoms with Gasteiger partial charge < -0.3 is 14.2 Å². The highest BCUT2D eigenvalue weighted by atomic mass is 16.7. The zero-order valence-corrected chi connectivity index (χ0v) is 13.3. The Hall–Kier alpha value is -0.610. The molecule has 0 aliphatic heterocycles. The third kappa shape index (κ3) is 12.2. The number of rotatable bonds is 10. The quantitative estimate of drug-likeness (QED) is 0.453. The van der Waals surface area contributed by atoms with E-state index in [9.17, 15) is 4.79 Å². The van der Waals surface area contributed by atoms with Crippen LogP contribution in [0.5, 0.6) is 0 Å². The number of carbonyl (C=O) groups is 1. The molecule has 0 heterocycles. The first-order valence-corrected chi connectivity index (χ1v) is 7.20. The van der Waals surface area contributed by atoms with Crippen molar-refractivity contribution in [3.63, 3.8) is 0 Å². The molecular weight excluding hydrogens is 244 g/mol. The Balaban J connectivity index is 4.11. The summed E-state index contributed by atoms with van der Waals surface area (Å²) < 4.78 is 16.4. The first kappa shape index (κ1) is 18.4. The predicted octanol–water partition coefficient (Wildman–Crippen LogP) is 3.25. The van der Waals surface area contributed by atoms with Crippen molar-refractivity contribution in [3.05, 3.63) is 0 Å². The van der Waals surface area contributed by atoms with E-state index in [2.05, 4.69) is 27.7 Å². The van der Waals surface area contributed by atoms with Crippen LogP contribution >= 0.6 is 0 Å². The first-order chi connectivity index (χ1) is 8.81. The average molecular weight is 274 g/mol. The van der Waals surface area contributed by atoms with Gasteiger partial charge in [0.2, 0.25) is 0 Å². The zero-order valence-electron chi connectivity index (χ0n) is 13.3. The summed E-state index contributed by atoms with van der Waals surface area (Å²) in [4.78, 5) is 11.7. The highest BCUT2D eigenvalue weighted by Crippen LogP contribution is 2.08. The van der Waals surface area contributed by atoms with Gasteiger partial charge in [0.05, 0.1) is 26.2 Å². The van der Waals surface area contributed by atoms with Gasteiger partial charge in [-0.1, -0.05) is 41.5 Å². The number of hydrogen-bond donors (Lipinski definition) is 0. The van der Waals surface area contributed by atoms with Crippen molar-refractivity contribution in [1.29, 1.82) is 0 Å². The summed E-state index contributed by atoms with van der Waals surface area (Å²) in [5, 5.41) is 0. The monoisotopic (exact) mass is 274 g/mol. The maximum Gasteiger partial charge on any atom is 0.310 e. The van der Waals surface area contributed by atoms with Gasteiger partial charge >= 0.3 is 5.97 Å². The van der Waals surface area contributed by atoms with Crippen LogP contribution in [0.4, 0.5) is 0 Å². The maximum atomic E-state index is 11.7. The summed E-state index contributed by atoms with van der Waals surface area (Å²) in [5.74, 6) is 0.912. The Morgan fingerprint density at radius 1 is 0.789 bits per heavy atom. The second-order valence-electron chi connectivity index (χ2n) is 6.16. The van der Waals surface area contributed by atoms with Crippen LogP contribution in [-0.4, -0.2) is 32.1 Å². The molecule has 0 saturated carbocycles. The Morgan fingerprint density at radius 2 is 1.21 bits per heavy atom. The summed E-state index contributed by atoms with van der Waals surface area (Å²) in [7, 11) is 0. The standard InChI is InChI=1S/C15H30O4/c1-11(2)8-17-14(16)7-15(18-9-12(3)4)19-10-13(5)6/h11-13,15H,7-10H2,1-6H3. The van der Waals surface area contributed by atoms with Crippen LogP contribution in [0.2, 0.25) is 0 Å². The van der Waals surface area contributed by atoms with Gasteiger partial charge in [0.15, 0.2) is 6.29 Å². The van der Waals surface area contributed by atoms with Gasteiger partial charge in [-0.15, -0.1) is 0 Å². The largest absolute Gasteiger partial charge is 0.465 e. The van der Waals surface area contributed by atoms with Crippen LogP contribution in [-0.2, 0) is 19.0 Å². The van der Waals surface area contributed by atoms with E-state index in [1.807, 2.05) is 13.8 Å². The van der Waals surface area contributed by atoms with Crippen molar-refractivity contribution in [2.24, 2.45) is 17.8 Å². The second kappa shape index (κ2) is 10.2. The molecule has 0 aromatic rings. The van der Waals surface area contributed by atoms with Gasteiger partial charge in [0.1, 0.15) is 0 Å². The molecule has 0 saturated heterocycles. The molecule has 19 heavy (non-hydrogen) atoms. The lowest BCUT2D eigenvalue weighted by Gasteiger charge is -2.20. The molecule has 0 fully saturated rings. The van der Waals surface area contributed by atoms with E-state index in [4.69, 9.17) is 14.2 Å². The Labute approximate surface area is 117 Å². The van der Waals surface area contributed by atoms with Crippen molar-refractivity contribution in [1.82, 2.24) is 0 Å². The minimum absolute atomic E-state index is 0.159. The van der Waals surface area contributed by atoms with Gasteiger partial charge in [-0.3, -0.25) is 4.79 Å². The molecular formula is C15H30O4. The van der Waals surface area contributed by atoms with Crippen LogP contribution in [0.15, 0.2) is 0 Å². The molecule has 0 aromatic heterocycles. The summed E-state index contributed by atoms with van der Waals surface area (Å²) in [5.41, 5.74) is 0. The minimum Gasteiger partial charge on any atom is -0.465 e. The van der Waals surface area contributed by atoms with Crippen LogP contribution in [0.1, 0.15) is 48.0 Å². The van der Waals surface area contributed by atoms with E-state index in [1.54, 1.807) is 0 Å². The van der Waals surface area contributed by atoms with Crippen molar-refractivity contribution in [2.45, 2.75) is 54.3 Å². The fourth-order valence-corrected chi connectivity index (χ4v) is 1.22. The van der Waals surface area contributed by atoms with E-state index < -0.39 is 6.29 Å². The van der Waals surface area contributed by atoms with Gasteiger partial charge in [0, 0.05) is 0 Å². The Bertz CT molecular complexity index is 224. The molecule has 0 radical (unpaired) electrons. The highest BCUT2D eigenvalue weighted by molar-refractivity contribution is 5.69. The van der Waals surface area contributed by atoms with Crippen molar-refractivity contribution in [3.8, 4) is 0 Å². The van der Waals surface area contributed by atoms with E-state index in [0.29, 0.717) is 37.6 Å². The molecule has 4 heteroatoms. The second-order valence-corrected chi connectivity index (χ2v) is 6.16. The fraction of sp³-hybridized carbons (Fsp3) is 0.933. The van der Waals surface area contributed by atoms with Crippen LogP contribution in [0.3, 0.4) is 0 Å². The smallest absolute Gasteiger partial charge is 0.310 e. The topological polar surface area (TPSA) is 44.8 Å². The third-order valence-corrected chi connectivity index (χ3v) is 2.14. The highest BCUT2D eigenvalue weighted by Gasteiger charge is 2.17. The summed E-state index contributed by atoms with van der Waals surface area (Å²) in [6.45, 7) is 13.9. The lowest BCUT2D eigenvalue weighted by atomic mass is 10.2. The molecule has 114 valence electrons. The lowest BCUT2D eigenvalue weighted by molar-refractivity contribution is -0.177. The lowest BCUT2D eigenvalue weighted by Crippen LogP contribution is -2.26.